The molecule has 17 heavy (non-hydrogen) atoms. The highest BCUT2D eigenvalue weighted by Crippen LogP contribution is 2.58. The average Bonchev–Trinajstić information content (AvgIpc) is 3.19. The van der Waals surface area contributed by atoms with Gasteiger partial charge in [0.2, 0.25) is 0 Å². The summed E-state index contributed by atoms with van der Waals surface area (Å²) >= 11 is 0. The van der Waals surface area contributed by atoms with Gasteiger partial charge in [0.15, 0.2) is 0 Å². The maximum Gasteiger partial charge on any atom is 0.119 e. The number of fused-ring (bicyclic) bond motifs is 6. The van der Waals surface area contributed by atoms with Gasteiger partial charge >= 0.3 is 0 Å². The van der Waals surface area contributed by atoms with Crippen molar-refractivity contribution in [2.24, 2.45) is 5.92 Å². The van der Waals surface area contributed by atoms with Gasteiger partial charge in [-0.05, 0) is 47.9 Å². The lowest BCUT2D eigenvalue weighted by Gasteiger charge is -2.35. The van der Waals surface area contributed by atoms with Crippen molar-refractivity contribution in [2.45, 2.75) is 43.8 Å². The molecule has 1 heterocycles. The van der Waals surface area contributed by atoms with E-state index in [1.54, 1.807) is 7.11 Å². The van der Waals surface area contributed by atoms with E-state index in [0.717, 1.165) is 17.6 Å². The van der Waals surface area contributed by atoms with Crippen molar-refractivity contribution in [2.75, 3.05) is 7.11 Å². The van der Waals surface area contributed by atoms with Gasteiger partial charge in [0.05, 0.1) is 13.2 Å². The van der Waals surface area contributed by atoms with Crippen LogP contribution in [0.2, 0.25) is 0 Å². The van der Waals surface area contributed by atoms with E-state index >= 15 is 0 Å². The topological polar surface area (TPSA) is 21.8 Å². The number of hydrogen-bond donors (Lipinski definition) is 0. The molecule has 0 radical (unpaired) electrons. The number of ether oxygens (including phenoxy) is 2. The van der Waals surface area contributed by atoms with Crippen molar-refractivity contribution < 1.29 is 9.47 Å². The molecule has 1 saturated heterocycles. The summed E-state index contributed by atoms with van der Waals surface area (Å²) in [6, 6.07) is 6.56. The fraction of sp³-hybridized carbons (Fsp3) is 0.600. The number of hydrogen-bond acceptors (Lipinski definition) is 2. The highest BCUT2D eigenvalue weighted by atomic mass is 16.6. The fourth-order valence-electron chi connectivity index (χ4n) is 3.90. The predicted molar refractivity (Wildman–Crippen MR) is 65.3 cm³/mol. The van der Waals surface area contributed by atoms with Crippen LogP contribution in [-0.4, -0.2) is 13.2 Å². The third-order valence-corrected chi connectivity index (χ3v) is 4.77. The molecule has 1 aromatic rings. The summed E-state index contributed by atoms with van der Waals surface area (Å²) in [6.45, 7) is 0. The van der Waals surface area contributed by atoms with Gasteiger partial charge in [-0.1, -0.05) is 18.9 Å². The minimum Gasteiger partial charge on any atom is -0.497 e. The van der Waals surface area contributed by atoms with Gasteiger partial charge in [0, 0.05) is 0 Å². The molecular weight excluding hydrogens is 212 g/mol. The lowest BCUT2D eigenvalue weighted by molar-refractivity contribution is 0.237. The largest absolute Gasteiger partial charge is 0.497 e. The number of rotatable bonds is 1. The molecule has 2 heteroatoms. The molecule has 4 rings (SSSR count). The monoisotopic (exact) mass is 230 g/mol. The predicted octanol–water partition coefficient (Wildman–Crippen LogP) is 3.42. The Morgan fingerprint density at radius 3 is 2.94 bits per heavy atom. The molecule has 0 N–H and O–H groups in total. The van der Waals surface area contributed by atoms with E-state index in [-0.39, 0.29) is 0 Å². The first kappa shape index (κ1) is 9.95. The normalized spacial score (nSPS) is 37.7. The Labute approximate surface area is 102 Å². The van der Waals surface area contributed by atoms with Crippen LogP contribution in [0.4, 0.5) is 0 Å². The van der Waals surface area contributed by atoms with E-state index in [1.807, 2.05) is 0 Å². The van der Waals surface area contributed by atoms with Crippen molar-refractivity contribution in [3.05, 3.63) is 29.3 Å². The summed E-state index contributed by atoms with van der Waals surface area (Å²) in [5.41, 5.74) is 2.94. The average molecular weight is 230 g/mol. The van der Waals surface area contributed by atoms with E-state index < -0.39 is 0 Å². The molecule has 3 aliphatic rings. The third-order valence-electron chi connectivity index (χ3n) is 4.77. The Balaban J connectivity index is 1.80. The highest BCUT2D eigenvalue weighted by molar-refractivity contribution is 5.44. The van der Waals surface area contributed by atoms with Gasteiger partial charge in [-0.2, -0.15) is 0 Å². The van der Waals surface area contributed by atoms with Gasteiger partial charge in [-0.3, -0.25) is 0 Å². The second-order valence-corrected chi connectivity index (χ2v) is 5.57. The Hall–Kier alpha value is -1.02. The van der Waals surface area contributed by atoms with Crippen molar-refractivity contribution in [1.82, 2.24) is 0 Å². The lowest BCUT2D eigenvalue weighted by atomic mass is 9.68. The van der Waals surface area contributed by atoms with Gasteiger partial charge < -0.3 is 9.47 Å². The Morgan fingerprint density at radius 1 is 1.18 bits per heavy atom. The number of benzene rings is 1. The second-order valence-electron chi connectivity index (χ2n) is 5.57. The highest BCUT2D eigenvalue weighted by Gasteiger charge is 2.54. The van der Waals surface area contributed by atoms with E-state index in [1.165, 1.54) is 36.8 Å². The Bertz CT molecular complexity index is 454. The maximum atomic E-state index is 5.92. The van der Waals surface area contributed by atoms with E-state index in [0.29, 0.717) is 12.2 Å². The molecule has 0 spiro atoms. The van der Waals surface area contributed by atoms with Crippen LogP contribution in [0.1, 0.15) is 48.8 Å². The minimum absolute atomic E-state index is 0.374. The zero-order valence-electron chi connectivity index (χ0n) is 10.2. The fourth-order valence-corrected chi connectivity index (χ4v) is 3.90. The lowest BCUT2D eigenvalue weighted by Crippen LogP contribution is -2.27. The molecule has 0 unspecified atom stereocenters. The summed E-state index contributed by atoms with van der Waals surface area (Å²) in [7, 11) is 1.74. The molecule has 0 amide bonds. The smallest absolute Gasteiger partial charge is 0.119 e. The maximum absolute atomic E-state index is 5.92. The van der Waals surface area contributed by atoms with Crippen LogP contribution in [0.15, 0.2) is 18.2 Å². The SMILES string of the molecule is COc1ccc2c(c1)[C@H]1O[C@H]1[C@H]1CCCC[C@H]21. The zero-order valence-corrected chi connectivity index (χ0v) is 10.2. The number of methoxy groups -OCH3 is 1. The first-order chi connectivity index (χ1) is 8.38. The zero-order chi connectivity index (χ0) is 11.4. The third kappa shape index (κ3) is 1.37. The van der Waals surface area contributed by atoms with Crippen molar-refractivity contribution >= 4 is 0 Å². The molecule has 1 aromatic carbocycles. The van der Waals surface area contributed by atoms with Crippen molar-refractivity contribution in [1.29, 1.82) is 0 Å². The van der Waals surface area contributed by atoms with Gasteiger partial charge in [-0.15, -0.1) is 0 Å². The summed E-state index contributed by atoms with van der Waals surface area (Å²) < 4.78 is 11.2. The minimum atomic E-state index is 0.374. The van der Waals surface area contributed by atoms with Gasteiger partial charge in [0.1, 0.15) is 11.9 Å². The molecule has 1 aliphatic heterocycles. The second kappa shape index (κ2) is 3.49. The quantitative estimate of drug-likeness (QED) is 0.689. The van der Waals surface area contributed by atoms with E-state index in [2.05, 4.69) is 18.2 Å². The van der Waals surface area contributed by atoms with Crippen LogP contribution >= 0.6 is 0 Å². The van der Waals surface area contributed by atoms with Crippen LogP contribution < -0.4 is 4.74 Å². The Kier molecular flexibility index (Phi) is 2.04. The number of epoxide rings is 1. The molecule has 0 bridgehead atoms. The molecule has 90 valence electrons. The summed E-state index contributed by atoms with van der Waals surface area (Å²) in [6.07, 6.45) is 6.36. The molecule has 2 nitrogen and oxygen atoms in total. The van der Waals surface area contributed by atoms with Crippen LogP contribution in [0.5, 0.6) is 5.75 Å². The molecule has 2 fully saturated rings. The standard InChI is InChI=1S/C15H18O2/c1-16-9-6-7-11-10-4-2-3-5-12(10)14-15(17-14)13(11)8-9/h6-8,10,12,14-15H,2-5H2,1H3/t10-,12+,14+,15-/m1/s1. The molecule has 4 atom stereocenters. The summed E-state index contributed by atoms with van der Waals surface area (Å²) in [5.74, 6) is 2.50. The first-order valence-corrected chi connectivity index (χ1v) is 6.72. The van der Waals surface area contributed by atoms with Gasteiger partial charge in [-0.25, -0.2) is 0 Å². The van der Waals surface area contributed by atoms with Crippen molar-refractivity contribution in [3.63, 3.8) is 0 Å². The van der Waals surface area contributed by atoms with Crippen LogP contribution in [-0.2, 0) is 4.74 Å². The summed E-state index contributed by atoms with van der Waals surface area (Å²) in [4.78, 5) is 0. The first-order valence-electron chi connectivity index (χ1n) is 6.72. The van der Waals surface area contributed by atoms with Crippen LogP contribution in [0.3, 0.4) is 0 Å². The molecule has 2 aliphatic carbocycles. The van der Waals surface area contributed by atoms with E-state index in [9.17, 15) is 0 Å². The van der Waals surface area contributed by atoms with Crippen LogP contribution in [0.25, 0.3) is 0 Å². The molecule has 1 saturated carbocycles. The van der Waals surface area contributed by atoms with Crippen LogP contribution in [0, 0.1) is 5.92 Å². The Morgan fingerprint density at radius 2 is 2.06 bits per heavy atom. The molecule has 0 aromatic heterocycles. The van der Waals surface area contributed by atoms with E-state index in [4.69, 9.17) is 9.47 Å². The molecular formula is C15H18O2. The van der Waals surface area contributed by atoms with Gasteiger partial charge in [0.25, 0.3) is 0 Å². The van der Waals surface area contributed by atoms with Crippen molar-refractivity contribution in [3.8, 4) is 5.75 Å². The summed E-state index contributed by atoms with van der Waals surface area (Å²) in [5, 5.41) is 0.